The lowest BCUT2D eigenvalue weighted by atomic mass is 9.87. The summed E-state index contributed by atoms with van der Waals surface area (Å²) in [5, 5.41) is 0. The predicted molar refractivity (Wildman–Crippen MR) is 126 cm³/mol. The summed E-state index contributed by atoms with van der Waals surface area (Å²) in [6.07, 6.45) is 1.93. The zero-order chi connectivity index (χ0) is 25.5. The number of aromatic nitrogens is 4. The Morgan fingerprint density at radius 3 is 2.66 bits per heavy atom. The Balaban J connectivity index is 1.66. The molecule has 3 aromatic rings. The SMILES string of the molecule is CC(C)n1c(=O)c(-c2ccc(NS(=O)(=O)CC3CCCCC3(F)F)c(F)c2)nc2cnc(N)nc21. The number of nitrogens with one attached hydrogen (secondary N) is 1. The topological polar surface area (TPSA) is 133 Å². The van der Waals surface area contributed by atoms with Crippen LogP contribution in [0.1, 0.15) is 45.6 Å². The third-order valence-corrected chi connectivity index (χ3v) is 7.38. The van der Waals surface area contributed by atoms with Crippen LogP contribution in [0.25, 0.3) is 22.4 Å². The van der Waals surface area contributed by atoms with Crippen molar-refractivity contribution >= 4 is 32.8 Å². The van der Waals surface area contributed by atoms with E-state index in [1.54, 1.807) is 13.8 Å². The zero-order valence-electron chi connectivity index (χ0n) is 19.1. The molecule has 3 N–H and O–H groups in total. The number of benzene rings is 1. The van der Waals surface area contributed by atoms with Crippen molar-refractivity contribution in [1.29, 1.82) is 0 Å². The Hall–Kier alpha value is -3.22. The third-order valence-electron chi connectivity index (χ3n) is 6.01. The molecule has 1 fully saturated rings. The van der Waals surface area contributed by atoms with Gasteiger partial charge in [0.25, 0.3) is 11.5 Å². The molecule has 13 heteroatoms. The lowest BCUT2D eigenvalue weighted by molar-refractivity contribution is -0.0770. The summed E-state index contributed by atoms with van der Waals surface area (Å²) in [7, 11) is -4.24. The molecular formula is C22H25F3N6O3S. The normalized spacial score (nSPS) is 18.2. The minimum Gasteiger partial charge on any atom is -0.368 e. The largest absolute Gasteiger partial charge is 0.368 e. The molecule has 1 aromatic carbocycles. The van der Waals surface area contributed by atoms with Crippen LogP contribution in [-0.4, -0.2) is 39.6 Å². The molecule has 0 bridgehead atoms. The average molecular weight is 511 g/mol. The highest BCUT2D eigenvalue weighted by Gasteiger charge is 2.43. The number of alkyl halides is 2. The van der Waals surface area contributed by atoms with Crippen molar-refractivity contribution < 1.29 is 21.6 Å². The van der Waals surface area contributed by atoms with Gasteiger partial charge in [-0.05, 0) is 38.8 Å². The number of sulfonamides is 1. The molecule has 0 aliphatic heterocycles. The number of fused-ring (bicyclic) bond motifs is 1. The second kappa shape index (κ2) is 9.10. The van der Waals surface area contributed by atoms with Crippen LogP contribution >= 0.6 is 0 Å². The van der Waals surface area contributed by atoms with Crippen LogP contribution in [0.3, 0.4) is 0 Å². The van der Waals surface area contributed by atoms with Gasteiger partial charge in [0, 0.05) is 23.9 Å². The molecule has 35 heavy (non-hydrogen) atoms. The Morgan fingerprint density at radius 1 is 1.26 bits per heavy atom. The van der Waals surface area contributed by atoms with E-state index in [2.05, 4.69) is 19.7 Å². The molecule has 1 saturated carbocycles. The minimum absolute atomic E-state index is 0.0329. The number of nitrogen functional groups attached to an aromatic ring is 1. The summed E-state index contributed by atoms with van der Waals surface area (Å²) in [6, 6.07) is 3.10. The summed E-state index contributed by atoms with van der Waals surface area (Å²) in [5.74, 6) is -6.23. The second-order valence-corrected chi connectivity index (χ2v) is 10.7. The van der Waals surface area contributed by atoms with Crippen molar-refractivity contribution in [2.24, 2.45) is 5.92 Å². The monoisotopic (exact) mass is 510 g/mol. The van der Waals surface area contributed by atoms with Crippen LogP contribution in [0.4, 0.5) is 24.8 Å². The molecular weight excluding hydrogens is 485 g/mol. The summed E-state index contributed by atoms with van der Waals surface area (Å²) in [4.78, 5) is 25.4. The first-order valence-corrected chi connectivity index (χ1v) is 12.8. The lowest BCUT2D eigenvalue weighted by Crippen LogP contribution is -2.38. The number of anilines is 2. The van der Waals surface area contributed by atoms with Crippen LogP contribution in [0, 0.1) is 11.7 Å². The van der Waals surface area contributed by atoms with Crippen LogP contribution in [0.15, 0.2) is 29.2 Å². The Bertz CT molecular complexity index is 1440. The van der Waals surface area contributed by atoms with Gasteiger partial charge in [0.2, 0.25) is 16.0 Å². The molecule has 0 spiro atoms. The molecule has 1 atom stereocenters. The van der Waals surface area contributed by atoms with E-state index in [1.807, 2.05) is 0 Å². The summed E-state index contributed by atoms with van der Waals surface area (Å²) < 4.78 is 71.5. The van der Waals surface area contributed by atoms with Gasteiger partial charge in [-0.3, -0.25) is 14.1 Å². The van der Waals surface area contributed by atoms with E-state index in [4.69, 9.17) is 5.73 Å². The highest BCUT2D eigenvalue weighted by molar-refractivity contribution is 7.92. The minimum atomic E-state index is -4.24. The Morgan fingerprint density at radius 2 is 2.00 bits per heavy atom. The molecule has 2 aromatic heterocycles. The quantitative estimate of drug-likeness (QED) is 0.516. The van der Waals surface area contributed by atoms with E-state index in [1.165, 1.54) is 16.8 Å². The number of hydrogen-bond acceptors (Lipinski definition) is 7. The van der Waals surface area contributed by atoms with Gasteiger partial charge in [-0.1, -0.05) is 12.5 Å². The van der Waals surface area contributed by atoms with Gasteiger partial charge in [0.05, 0.1) is 17.6 Å². The maximum absolute atomic E-state index is 14.9. The van der Waals surface area contributed by atoms with E-state index < -0.39 is 44.7 Å². The van der Waals surface area contributed by atoms with E-state index >= 15 is 0 Å². The Labute approximate surface area is 199 Å². The number of nitrogens with zero attached hydrogens (tertiary/aromatic N) is 4. The van der Waals surface area contributed by atoms with Gasteiger partial charge in [0.1, 0.15) is 17.0 Å². The maximum atomic E-state index is 14.9. The molecule has 0 amide bonds. The van der Waals surface area contributed by atoms with E-state index in [9.17, 15) is 26.4 Å². The van der Waals surface area contributed by atoms with Crippen molar-refractivity contribution in [3.05, 3.63) is 40.6 Å². The van der Waals surface area contributed by atoms with E-state index in [0.717, 1.165) is 12.1 Å². The number of nitrogens with two attached hydrogens (primary N) is 1. The van der Waals surface area contributed by atoms with Gasteiger partial charge in [-0.2, -0.15) is 4.98 Å². The van der Waals surface area contributed by atoms with Crippen molar-refractivity contribution in [1.82, 2.24) is 19.5 Å². The van der Waals surface area contributed by atoms with Crippen molar-refractivity contribution in [2.45, 2.75) is 51.5 Å². The van der Waals surface area contributed by atoms with Gasteiger partial charge in [-0.15, -0.1) is 0 Å². The second-order valence-electron chi connectivity index (χ2n) is 8.95. The van der Waals surface area contributed by atoms with Crippen LogP contribution < -0.4 is 16.0 Å². The highest BCUT2D eigenvalue weighted by atomic mass is 32.2. The third kappa shape index (κ3) is 5.09. The molecule has 1 aliphatic rings. The molecule has 2 heterocycles. The maximum Gasteiger partial charge on any atom is 0.278 e. The fraction of sp³-hybridized carbons (Fsp3) is 0.455. The number of rotatable bonds is 6. The Kier molecular flexibility index (Phi) is 6.47. The van der Waals surface area contributed by atoms with Crippen LogP contribution in [0.5, 0.6) is 0 Å². The summed E-state index contributed by atoms with van der Waals surface area (Å²) in [6.45, 7) is 3.52. The molecule has 1 unspecified atom stereocenters. The number of hydrogen-bond donors (Lipinski definition) is 2. The van der Waals surface area contributed by atoms with Gasteiger partial charge in [-0.25, -0.2) is 31.6 Å². The molecule has 0 radical (unpaired) electrons. The summed E-state index contributed by atoms with van der Waals surface area (Å²) in [5.41, 5.74) is 5.19. The van der Waals surface area contributed by atoms with Crippen molar-refractivity contribution in [3.8, 4) is 11.3 Å². The first-order chi connectivity index (χ1) is 16.4. The van der Waals surface area contributed by atoms with E-state index in [0.29, 0.717) is 12.8 Å². The van der Waals surface area contributed by atoms with Gasteiger partial charge >= 0.3 is 0 Å². The molecule has 0 saturated heterocycles. The molecule has 4 rings (SSSR count). The first-order valence-electron chi connectivity index (χ1n) is 11.1. The van der Waals surface area contributed by atoms with Gasteiger partial charge in [0.15, 0.2) is 5.65 Å². The molecule has 9 nitrogen and oxygen atoms in total. The summed E-state index contributed by atoms with van der Waals surface area (Å²) >= 11 is 0. The standard InChI is InChI=1S/C22H25F3N6O3S/c1-12(2)31-19-17(10-27-21(26)29-19)28-18(20(31)32)13-6-7-16(15(23)9-13)30-35(33,34)11-14-5-3-4-8-22(14,24)25/h6-7,9-10,12,14,30H,3-5,8,11H2,1-2H3,(H2,26,27,29). The van der Waals surface area contributed by atoms with Crippen molar-refractivity contribution in [2.75, 3.05) is 16.2 Å². The zero-order valence-corrected chi connectivity index (χ0v) is 19.9. The lowest BCUT2D eigenvalue weighted by Gasteiger charge is -2.31. The smallest absolute Gasteiger partial charge is 0.278 e. The first kappa shape index (κ1) is 24.9. The average Bonchev–Trinajstić information content (AvgIpc) is 2.75. The van der Waals surface area contributed by atoms with Crippen LogP contribution in [0.2, 0.25) is 0 Å². The fourth-order valence-electron chi connectivity index (χ4n) is 4.27. The highest BCUT2D eigenvalue weighted by Crippen LogP contribution is 2.39. The van der Waals surface area contributed by atoms with Gasteiger partial charge < -0.3 is 5.73 Å². The van der Waals surface area contributed by atoms with Crippen LogP contribution in [-0.2, 0) is 10.0 Å². The molecule has 188 valence electrons. The molecule has 1 aliphatic carbocycles. The fourth-order valence-corrected chi connectivity index (χ4v) is 5.80. The van der Waals surface area contributed by atoms with Crippen molar-refractivity contribution in [3.63, 3.8) is 0 Å². The number of halogens is 3. The van der Waals surface area contributed by atoms with E-state index in [-0.39, 0.29) is 47.3 Å². The predicted octanol–water partition coefficient (Wildman–Crippen LogP) is 3.72.